The molecule has 0 radical (unpaired) electrons. The molecule has 0 unspecified atom stereocenters. The standard InChI is InChI=1S/C27H28ClN3O2/c1-16(2)18-9-11-19(12-10-18)21-8-6-7-20(13-21)17(3)29-26-22-14-24(32-4)25(33-5)15-23(22)30-27(28)31-26/h6-17H,1-5H3,(H,29,30,31)/t17-/m1/s1. The van der Waals surface area contributed by atoms with Gasteiger partial charge in [0.1, 0.15) is 5.82 Å². The number of nitrogens with one attached hydrogen (secondary N) is 1. The van der Waals surface area contributed by atoms with Gasteiger partial charge in [-0.05, 0) is 58.8 Å². The lowest BCUT2D eigenvalue weighted by molar-refractivity contribution is 0.356. The van der Waals surface area contributed by atoms with E-state index in [1.165, 1.54) is 16.7 Å². The molecule has 0 saturated heterocycles. The van der Waals surface area contributed by atoms with Gasteiger partial charge in [0, 0.05) is 17.5 Å². The van der Waals surface area contributed by atoms with Crippen LogP contribution in [0.5, 0.6) is 11.5 Å². The van der Waals surface area contributed by atoms with Crippen molar-refractivity contribution in [3.8, 4) is 22.6 Å². The Balaban J connectivity index is 1.66. The molecule has 5 nitrogen and oxygen atoms in total. The van der Waals surface area contributed by atoms with Crippen LogP contribution in [0.25, 0.3) is 22.0 Å². The average molecular weight is 462 g/mol. The highest BCUT2D eigenvalue weighted by atomic mass is 35.5. The summed E-state index contributed by atoms with van der Waals surface area (Å²) in [6.45, 7) is 6.51. The summed E-state index contributed by atoms with van der Waals surface area (Å²) < 4.78 is 10.9. The smallest absolute Gasteiger partial charge is 0.224 e. The summed E-state index contributed by atoms with van der Waals surface area (Å²) in [4.78, 5) is 8.80. The first-order chi connectivity index (χ1) is 15.9. The lowest BCUT2D eigenvalue weighted by Gasteiger charge is -2.18. The van der Waals surface area contributed by atoms with Gasteiger partial charge in [-0.15, -0.1) is 0 Å². The summed E-state index contributed by atoms with van der Waals surface area (Å²) in [5.74, 6) is 2.36. The molecule has 1 N–H and O–H groups in total. The van der Waals surface area contributed by atoms with Crippen molar-refractivity contribution in [2.75, 3.05) is 19.5 Å². The number of halogens is 1. The highest BCUT2D eigenvalue weighted by Gasteiger charge is 2.15. The molecular weight excluding hydrogens is 434 g/mol. The van der Waals surface area contributed by atoms with Crippen molar-refractivity contribution in [2.45, 2.75) is 32.7 Å². The van der Waals surface area contributed by atoms with Gasteiger partial charge in [0.15, 0.2) is 11.5 Å². The first kappa shape index (κ1) is 22.9. The zero-order valence-corrected chi connectivity index (χ0v) is 20.3. The molecular formula is C27H28ClN3O2. The highest BCUT2D eigenvalue weighted by molar-refractivity contribution is 6.28. The number of hydrogen-bond donors (Lipinski definition) is 1. The average Bonchev–Trinajstić information content (AvgIpc) is 2.83. The SMILES string of the molecule is COc1cc2nc(Cl)nc(N[C@H](C)c3cccc(-c4ccc(C(C)C)cc4)c3)c2cc1OC. The van der Waals surface area contributed by atoms with Gasteiger partial charge < -0.3 is 14.8 Å². The largest absolute Gasteiger partial charge is 0.493 e. The van der Waals surface area contributed by atoms with E-state index in [1.54, 1.807) is 20.3 Å². The maximum atomic E-state index is 6.23. The van der Waals surface area contributed by atoms with E-state index < -0.39 is 0 Å². The zero-order valence-electron chi connectivity index (χ0n) is 19.5. The van der Waals surface area contributed by atoms with Crippen molar-refractivity contribution in [1.29, 1.82) is 0 Å². The fourth-order valence-electron chi connectivity index (χ4n) is 3.87. The number of hydrogen-bond acceptors (Lipinski definition) is 5. The molecule has 33 heavy (non-hydrogen) atoms. The van der Waals surface area contributed by atoms with Crippen molar-refractivity contribution >= 4 is 28.3 Å². The molecule has 0 bridgehead atoms. The van der Waals surface area contributed by atoms with Gasteiger partial charge in [-0.2, -0.15) is 0 Å². The van der Waals surface area contributed by atoms with Gasteiger partial charge in [-0.1, -0.05) is 56.3 Å². The third kappa shape index (κ3) is 4.88. The number of nitrogens with zero attached hydrogens (tertiary/aromatic N) is 2. The molecule has 1 heterocycles. The molecule has 3 aromatic carbocycles. The van der Waals surface area contributed by atoms with Crippen LogP contribution in [-0.2, 0) is 0 Å². The first-order valence-corrected chi connectivity index (χ1v) is 11.3. The van der Waals surface area contributed by atoms with E-state index >= 15 is 0 Å². The number of ether oxygens (including phenoxy) is 2. The van der Waals surface area contributed by atoms with Crippen molar-refractivity contribution in [2.24, 2.45) is 0 Å². The number of benzene rings is 3. The third-order valence-corrected chi connectivity index (χ3v) is 5.99. The monoisotopic (exact) mass is 461 g/mol. The molecule has 4 rings (SSSR count). The number of fused-ring (bicyclic) bond motifs is 1. The van der Waals surface area contributed by atoms with Gasteiger partial charge >= 0.3 is 0 Å². The van der Waals surface area contributed by atoms with Gasteiger partial charge in [0.05, 0.1) is 19.7 Å². The minimum Gasteiger partial charge on any atom is -0.493 e. The van der Waals surface area contributed by atoms with E-state index in [0.29, 0.717) is 28.8 Å². The van der Waals surface area contributed by atoms with E-state index in [1.807, 2.05) is 6.07 Å². The van der Waals surface area contributed by atoms with Gasteiger partial charge in [0.25, 0.3) is 0 Å². The Kier molecular flexibility index (Phi) is 6.70. The van der Waals surface area contributed by atoms with Crippen LogP contribution in [0.3, 0.4) is 0 Å². The lowest BCUT2D eigenvalue weighted by Crippen LogP contribution is -2.09. The maximum Gasteiger partial charge on any atom is 0.224 e. The highest BCUT2D eigenvalue weighted by Crippen LogP contribution is 2.36. The predicted octanol–water partition coefficient (Wildman–Crippen LogP) is 7.26. The van der Waals surface area contributed by atoms with E-state index in [0.717, 1.165) is 10.9 Å². The molecule has 0 saturated carbocycles. The maximum absolute atomic E-state index is 6.23. The molecule has 0 aliphatic carbocycles. The molecule has 0 aliphatic heterocycles. The summed E-state index contributed by atoms with van der Waals surface area (Å²) in [5.41, 5.74) is 5.53. The van der Waals surface area contributed by atoms with E-state index in [-0.39, 0.29) is 11.3 Å². The molecule has 4 aromatic rings. The van der Waals surface area contributed by atoms with Gasteiger partial charge in [-0.25, -0.2) is 9.97 Å². The Bertz CT molecular complexity index is 1270. The van der Waals surface area contributed by atoms with Crippen molar-refractivity contribution in [3.05, 3.63) is 77.1 Å². The van der Waals surface area contributed by atoms with Gasteiger partial charge in [-0.3, -0.25) is 0 Å². The molecule has 0 fully saturated rings. The zero-order chi connectivity index (χ0) is 23.5. The molecule has 6 heteroatoms. The molecule has 0 spiro atoms. The van der Waals surface area contributed by atoms with Gasteiger partial charge in [0.2, 0.25) is 5.28 Å². The fraction of sp³-hybridized carbons (Fsp3) is 0.259. The Morgan fingerprint density at radius 3 is 2.15 bits per heavy atom. The fourth-order valence-corrected chi connectivity index (χ4v) is 4.05. The number of anilines is 1. The van der Waals surface area contributed by atoms with Crippen molar-refractivity contribution < 1.29 is 9.47 Å². The quantitative estimate of drug-likeness (QED) is 0.293. The summed E-state index contributed by atoms with van der Waals surface area (Å²) >= 11 is 6.23. The second-order valence-electron chi connectivity index (χ2n) is 8.33. The predicted molar refractivity (Wildman–Crippen MR) is 136 cm³/mol. The Morgan fingerprint density at radius 1 is 0.788 bits per heavy atom. The van der Waals surface area contributed by atoms with E-state index in [2.05, 4.69) is 84.6 Å². The number of aromatic nitrogens is 2. The molecule has 0 amide bonds. The number of methoxy groups -OCH3 is 2. The van der Waals surface area contributed by atoms with E-state index in [9.17, 15) is 0 Å². The second-order valence-corrected chi connectivity index (χ2v) is 8.67. The van der Waals surface area contributed by atoms with Crippen LogP contribution < -0.4 is 14.8 Å². The Morgan fingerprint density at radius 2 is 1.48 bits per heavy atom. The minimum absolute atomic E-state index is 0.0119. The Hall–Kier alpha value is -3.31. The Labute approximate surface area is 199 Å². The van der Waals surface area contributed by atoms with Crippen LogP contribution >= 0.6 is 11.6 Å². The van der Waals surface area contributed by atoms with E-state index in [4.69, 9.17) is 21.1 Å². The van der Waals surface area contributed by atoms with Crippen LogP contribution in [0.2, 0.25) is 5.28 Å². The van der Waals surface area contributed by atoms with Crippen molar-refractivity contribution in [1.82, 2.24) is 9.97 Å². The summed E-state index contributed by atoms with van der Waals surface area (Å²) in [5, 5.41) is 4.48. The van der Waals surface area contributed by atoms with Crippen LogP contribution in [0.15, 0.2) is 60.7 Å². The summed E-state index contributed by atoms with van der Waals surface area (Å²) in [7, 11) is 3.20. The molecule has 170 valence electrons. The van der Waals surface area contributed by atoms with Crippen LogP contribution in [0, 0.1) is 0 Å². The summed E-state index contributed by atoms with van der Waals surface area (Å²) in [6.07, 6.45) is 0. The van der Waals surface area contributed by atoms with Crippen molar-refractivity contribution in [3.63, 3.8) is 0 Å². The lowest BCUT2D eigenvalue weighted by atomic mass is 9.97. The normalized spacial score (nSPS) is 12.1. The molecule has 1 aromatic heterocycles. The molecule has 1 atom stereocenters. The first-order valence-electron chi connectivity index (χ1n) is 11.0. The third-order valence-electron chi connectivity index (χ3n) is 5.82. The van der Waals surface area contributed by atoms with Crippen LogP contribution in [0.1, 0.15) is 43.9 Å². The summed E-state index contributed by atoms with van der Waals surface area (Å²) in [6, 6.07) is 21.0. The topological polar surface area (TPSA) is 56.3 Å². The van der Waals surface area contributed by atoms with Crippen LogP contribution in [0.4, 0.5) is 5.82 Å². The second kappa shape index (κ2) is 9.67. The minimum atomic E-state index is -0.0119. The van der Waals surface area contributed by atoms with Crippen LogP contribution in [-0.4, -0.2) is 24.2 Å². The number of rotatable bonds is 7. The molecule has 0 aliphatic rings.